The molecular weight excluding hydrogens is 462 g/mol. The number of amides is 1. The van der Waals surface area contributed by atoms with Crippen LogP contribution < -0.4 is 4.90 Å². The smallest absolute Gasteiger partial charge is 0.303 e. The van der Waals surface area contributed by atoms with Gasteiger partial charge in [-0.1, -0.05) is 12.1 Å². The number of phenols is 2. The maximum absolute atomic E-state index is 12.9. The maximum atomic E-state index is 12.9. The number of aromatic hydroxyl groups is 2. The summed E-state index contributed by atoms with van der Waals surface area (Å²) in [5.74, 6) is -2.01. The number of hydrogen-bond acceptors (Lipinski definition) is 7. The first kappa shape index (κ1) is 26.2. The number of rotatable bonds is 9. The van der Waals surface area contributed by atoms with Gasteiger partial charge in [-0.3, -0.25) is 19.2 Å². The Kier molecular flexibility index (Phi) is 8.22. The molecule has 3 aromatic rings. The minimum Gasteiger partial charge on any atom is -0.508 e. The van der Waals surface area contributed by atoms with Crippen molar-refractivity contribution in [1.82, 2.24) is 0 Å². The van der Waals surface area contributed by atoms with Crippen molar-refractivity contribution in [2.24, 2.45) is 0 Å². The molecule has 2 N–H and O–H groups in total. The summed E-state index contributed by atoms with van der Waals surface area (Å²) in [6, 6.07) is 15.4. The standard InChI is InChI=1S/C28H27NO7/c1-17(2)29(27(35)16-36-18(3)32)22-6-4-5-21(13-22)28(23-11-19(14-30)7-9-25(23)33)24-12-20(15-31)8-10-26(24)34/h4-15,17,28,33-34H,16H2,1-3H3. The number of nitrogens with zero attached hydrogens (tertiary/aromatic N) is 1. The fourth-order valence-electron chi connectivity index (χ4n) is 4.10. The van der Waals surface area contributed by atoms with E-state index >= 15 is 0 Å². The summed E-state index contributed by atoms with van der Waals surface area (Å²) in [7, 11) is 0. The number of aldehydes is 2. The third-order valence-electron chi connectivity index (χ3n) is 5.66. The summed E-state index contributed by atoms with van der Waals surface area (Å²) in [6.07, 6.45) is 1.29. The molecule has 0 atom stereocenters. The molecular formula is C28H27NO7. The van der Waals surface area contributed by atoms with Crippen LogP contribution in [-0.2, 0) is 14.3 Å². The molecule has 0 unspecified atom stereocenters. The average molecular weight is 490 g/mol. The predicted molar refractivity (Wildman–Crippen MR) is 134 cm³/mol. The molecule has 0 heterocycles. The summed E-state index contributed by atoms with van der Waals surface area (Å²) in [5, 5.41) is 21.5. The van der Waals surface area contributed by atoms with Gasteiger partial charge in [0.25, 0.3) is 5.91 Å². The lowest BCUT2D eigenvalue weighted by Crippen LogP contribution is -2.39. The molecule has 0 aliphatic rings. The molecule has 0 aliphatic heterocycles. The van der Waals surface area contributed by atoms with E-state index in [9.17, 15) is 29.4 Å². The molecule has 0 fully saturated rings. The van der Waals surface area contributed by atoms with E-state index in [0.29, 0.717) is 46.1 Å². The van der Waals surface area contributed by atoms with Crippen molar-refractivity contribution in [3.63, 3.8) is 0 Å². The second-order valence-electron chi connectivity index (χ2n) is 8.54. The second-order valence-corrected chi connectivity index (χ2v) is 8.54. The quantitative estimate of drug-likeness (QED) is 0.262. The van der Waals surface area contributed by atoms with Gasteiger partial charge in [0.15, 0.2) is 6.61 Å². The van der Waals surface area contributed by atoms with Gasteiger partial charge in [0.2, 0.25) is 0 Å². The van der Waals surface area contributed by atoms with Gasteiger partial charge in [-0.05, 0) is 67.9 Å². The topological polar surface area (TPSA) is 121 Å². The number of benzene rings is 3. The zero-order chi connectivity index (χ0) is 26.4. The molecule has 1 amide bonds. The van der Waals surface area contributed by atoms with Crippen LogP contribution in [0.1, 0.15) is 64.1 Å². The van der Waals surface area contributed by atoms with Crippen LogP contribution >= 0.6 is 0 Å². The minimum atomic E-state index is -0.790. The van der Waals surface area contributed by atoms with Crippen LogP contribution in [0.5, 0.6) is 11.5 Å². The van der Waals surface area contributed by atoms with Crippen LogP contribution in [0.4, 0.5) is 5.69 Å². The van der Waals surface area contributed by atoms with Gasteiger partial charge < -0.3 is 19.8 Å². The third kappa shape index (κ3) is 5.78. The molecule has 0 radical (unpaired) electrons. The summed E-state index contributed by atoms with van der Waals surface area (Å²) >= 11 is 0. The fraction of sp³-hybridized carbons (Fsp3) is 0.214. The molecule has 8 heteroatoms. The average Bonchev–Trinajstić information content (AvgIpc) is 2.85. The van der Waals surface area contributed by atoms with E-state index in [1.165, 1.54) is 48.2 Å². The van der Waals surface area contributed by atoms with E-state index in [1.54, 1.807) is 24.3 Å². The van der Waals surface area contributed by atoms with Crippen molar-refractivity contribution in [3.05, 3.63) is 88.5 Å². The van der Waals surface area contributed by atoms with E-state index in [1.807, 2.05) is 13.8 Å². The summed E-state index contributed by atoms with van der Waals surface area (Å²) in [5.41, 5.74) is 2.37. The first-order valence-corrected chi connectivity index (χ1v) is 11.3. The zero-order valence-corrected chi connectivity index (χ0v) is 20.2. The number of hydrogen-bond donors (Lipinski definition) is 2. The Morgan fingerprint density at radius 2 is 1.44 bits per heavy atom. The van der Waals surface area contributed by atoms with Gasteiger partial charge in [-0.2, -0.15) is 0 Å². The Hall–Kier alpha value is -4.46. The number of carbonyl (C=O) groups excluding carboxylic acids is 4. The van der Waals surface area contributed by atoms with E-state index in [2.05, 4.69) is 0 Å². The predicted octanol–water partition coefficient (Wildman–Crippen LogP) is 4.21. The second kappa shape index (κ2) is 11.3. The van der Waals surface area contributed by atoms with Crippen molar-refractivity contribution in [3.8, 4) is 11.5 Å². The number of carbonyl (C=O) groups is 4. The summed E-state index contributed by atoms with van der Waals surface area (Å²) < 4.78 is 4.89. The van der Waals surface area contributed by atoms with Gasteiger partial charge >= 0.3 is 5.97 Å². The van der Waals surface area contributed by atoms with Crippen molar-refractivity contribution >= 4 is 30.1 Å². The van der Waals surface area contributed by atoms with Crippen molar-refractivity contribution in [2.75, 3.05) is 11.5 Å². The molecule has 3 aromatic carbocycles. The molecule has 0 saturated heterocycles. The van der Waals surface area contributed by atoms with E-state index in [4.69, 9.17) is 4.74 Å². The van der Waals surface area contributed by atoms with Gasteiger partial charge in [-0.25, -0.2) is 0 Å². The lowest BCUT2D eigenvalue weighted by atomic mass is 9.82. The van der Waals surface area contributed by atoms with E-state index in [-0.39, 0.29) is 17.5 Å². The molecule has 0 aliphatic carbocycles. The summed E-state index contributed by atoms with van der Waals surface area (Å²) in [6.45, 7) is 4.42. The van der Waals surface area contributed by atoms with Gasteiger partial charge in [0.05, 0.1) is 0 Å². The fourth-order valence-corrected chi connectivity index (χ4v) is 4.10. The Morgan fingerprint density at radius 1 is 0.889 bits per heavy atom. The van der Waals surface area contributed by atoms with Crippen molar-refractivity contribution in [1.29, 1.82) is 0 Å². The molecule has 0 saturated carbocycles. The van der Waals surface area contributed by atoms with Gasteiger partial charge in [-0.15, -0.1) is 0 Å². The molecule has 0 spiro atoms. The highest BCUT2D eigenvalue weighted by Gasteiger charge is 2.26. The molecule has 36 heavy (non-hydrogen) atoms. The highest BCUT2D eigenvalue weighted by molar-refractivity contribution is 5.95. The zero-order valence-electron chi connectivity index (χ0n) is 20.2. The Balaban J connectivity index is 2.22. The molecule has 8 nitrogen and oxygen atoms in total. The first-order chi connectivity index (χ1) is 17.2. The highest BCUT2D eigenvalue weighted by atomic mass is 16.5. The van der Waals surface area contributed by atoms with Crippen LogP contribution in [0.15, 0.2) is 60.7 Å². The molecule has 0 bridgehead atoms. The first-order valence-electron chi connectivity index (χ1n) is 11.3. The number of ether oxygens (including phenoxy) is 1. The van der Waals surface area contributed by atoms with Crippen molar-refractivity contribution < 1.29 is 34.1 Å². The molecule has 186 valence electrons. The SMILES string of the molecule is CC(=O)OCC(=O)N(c1cccc(C(c2cc(C=O)ccc2O)c2cc(C=O)ccc2O)c1)C(C)C. The Labute approximate surface area is 208 Å². The van der Waals surface area contributed by atoms with E-state index in [0.717, 1.165) is 0 Å². The van der Waals surface area contributed by atoms with Crippen LogP contribution in [0.2, 0.25) is 0 Å². The minimum absolute atomic E-state index is 0.112. The van der Waals surface area contributed by atoms with Gasteiger partial charge in [0, 0.05) is 46.8 Å². The molecule has 0 aromatic heterocycles. The van der Waals surface area contributed by atoms with Crippen LogP contribution in [0.25, 0.3) is 0 Å². The lowest BCUT2D eigenvalue weighted by Gasteiger charge is -2.28. The Morgan fingerprint density at radius 3 is 1.92 bits per heavy atom. The number of phenolic OH excluding ortho intramolecular Hbond substituents is 2. The largest absolute Gasteiger partial charge is 0.508 e. The Bertz CT molecular complexity index is 1240. The van der Waals surface area contributed by atoms with Crippen LogP contribution in [-0.4, -0.2) is 47.3 Å². The van der Waals surface area contributed by atoms with Crippen LogP contribution in [0, 0.1) is 0 Å². The maximum Gasteiger partial charge on any atom is 0.303 e. The summed E-state index contributed by atoms with van der Waals surface area (Å²) in [4.78, 5) is 48.5. The van der Waals surface area contributed by atoms with E-state index < -0.39 is 24.4 Å². The van der Waals surface area contributed by atoms with Crippen LogP contribution in [0.3, 0.4) is 0 Å². The monoisotopic (exact) mass is 489 g/mol. The highest BCUT2D eigenvalue weighted by Crippen LogP contribution is 2.42. The molecule has 3 rings (SSSR count). The lowest BCUT2D eigenvalue weighted by molar-refractivity contribution is -0.145. The normalized spacial score (nSPS) is 10.8. The third-order valence-corrected chi connectivity index (χ3v) is 5.66. The van der Waals surface area contributed by atoms with Crippen molar-refractivity contribution in [2.45, 2.75) is 32.7 Å². The number of esters is 1. The number of anilines is 1. The van der Waals surface area contributed by atoms with Gasteiger partial charge in [0.1, 0.15) is 24.1 Å².